The molecular weight excluding hydrogens is 292 g/mol. The van der Waals surface area contributed by atoms with E-state index in [1.807, 2.05) is 0 Å². The second kappa shape index (κ2) is 7.80. The summed E-state index contributed by atoms with van der Waals surface area (Å²) in [7, 11) is 0. The lowest BCUT2D eigenvalue weighted by Crippen LogP contribution is -2.19. The van der Waals surface area contributed by atoms with Gasteiger partial charge in [-0.3, -0.25) is 0 Å². The SMILES string of the molecule is CCc1c(N)c(C2CCCCC2)c(N)c(CC)c1C1CCCCC1. The van der Waals surface area contributed by atoms with Crippen molar-refractivity contribution in [3.05, 3.63) is 22.3 Å². The van der Waals surface area contributed by atoms with Crippen molar-refractivity contribution in [3.8, 4) is 0 Å². The third-order valence-corrected chi connectivity index (χ3v) is 6.61. The van der Waals surface area contributed by atoms with Crippen molar-refractivity contribution < 1.29 is 0 Å². The molecule has 1 aromatic rings. The summed E-state index contributed by atoms with van der Waals surface area (Å²) >= 11 is 0. The molecule has 2 fully saturated rings. The van der Waals surface area contributed by atoms with Crippen molar-refractivity contribution in [3.63, 3.8) is 0 Å². The van der Waals surface area contributed by atoms with Crippen LogP contribution in [-0.2, 0) is 12.8 Å². The molecule has 4 N–H and O–H groups in total. The fourth-order valence-corrected chi connectivity index (χ4v) is 5.42. The predicted molar refractivity (Wildman–Crippen MR) is 106 cm³/mol. The molecule has 24 heavy (non-hydrogen) atoms. The van der Waals surface area contributed by atoms with Crippen LogP contribution in [0.4, 0.5) is 11.4 Å². The average molecular weight is 329 g/mol. The molecule has 2 aliphatic carbocycles. The highest BCUT2D eigenvalue weighted by Crippen LogP contribution is 2.47. The summed E-state index contributed by atoms with van der Waals surface area (Å²) in [5.74, 6) is 1.28. The van der Waals surface area contributed by atoms with E-state index in [-0.39, 0.29) is 0 Å². The first kappa shape index (κ1) is 17.6. The molecule has 0 heterocycles. The molecule has 0 spiro atoms. The number of nitrogens with two attached hydrogens (primary N) is 2. The number of anilines is 2. The van der Waals surface area contributed by atoms with E-state index in [0.717, 1.165) is 24.2 Å². The monoisotopic (exact) mass is 328 g/mol. The highest BCUT2D eigenvalue weighted by Gasteiger charge is 2.29. The molecule has 1 aromatic carbocycles. The van der Waals surface area contributed by atoms with Crippen LogP contribution in [0, 0.1) is 0 Å². The minimum absolute atomic E-state index is 0.592. The summed E-state index contributed by atoms with van der Waals surface area (Å²) in [6.07, 6.45) is 15.4. The van der Waals surface area contributed by atoms with Crippen LogP contribution >= 0.6 is 0 Å². The number of hydrogen-bond donors (Lipinski definition) is 2. The normalized spacial score (nSPS) is 20.4. The minimum Gasteiger partial charge on any atom is -0.398 e. The van der Waals surface area contributed by atoms with Crippen molar-refractivity contribution in [2.75, 3.05) is 11.5 Å². The smallest absolute Gasteiger partial charge is 0.0405 e. The molecule has 0 aliphatic heterocycles. The van der Waals surface area contributed by atoms with Gasteiger partial charge < -0.3 is 11.5 Å². The predicted octanol–water partition coefficient (Wildman–Crippen LogP) is 6.07. The maximum atomic E-state index is 6.78. The van der Waals surface area contributed by atoms with Crippen LogP contribution in [0.1, 0.15) is 112 Å². The number of hydrogen-bond acceptors (Lipinski definition) is 2. The Hall–Kier alpha value is -1.18. The zero-order valence-corrected chi connectivity index (χ0v) is 15.8. The van der Waals surface area contributed by atoms with Gasteiger partial charge in [-0.2, -0.15) is 0 Å². The van der Waals surface area contributed by atoms with Crippen LogP contribution < -0.4 is 11.5 Å². The van der Waals surface area contributed by atoms with Crippen molar-refractivity contribution in [1.29, 1.82) is 0 Å². The third kappa shape index (κ3) is 3.17. The van der Waals surface area contributed by atoms with Crippen LogP contribution in [0.5, 0.6) is 0 Å². The van der Waals surface area contributed by atoms with Gasteiger partial charge in [-0.25, -0.2) is 0 Å². The Kier molecular flexibility index (Phi) is 5.73. The number of nitrogen functional groups attached to an aromatic ring is 2. The molecule has 0 saturated heterocycles. The maximum absolute atomic E-state index is 6.78. The van der Waals surface area contributed by atoms with E-state index in [9.17, 15) is 0 Å². The van der Waals surface area contributed by atoms with Crippen LogP contribution in [0.3, 0.4) is 0 Å². The van der Waals surface area contributed by atoms with Crippen molar-refractivity contribution >= 4 is 11.4 Å². The van der Waals surface area contributed by atoms with Gasteiger partial charge in [0.25, 0.3) is 0 Å². The molecule has 134 valence electrons. The Morgan fingerprint density at radius 1 is 0.625 bits per heavy atom. The maximum Gasteiger partial charge on any atom is 0.0405 e. The molecular formula is C22H36N2. The quantitative estimate of drug-likeness (QED) is 0.659. The number of benzene rings is 1. The minimum atomic E-state index is 0.592. The molecule has 3 rings (SSSR count). The first-order valence-corrected chi connectivity index (χ1v) is 10.4. The first-order chi connectivity index (χ1) is 11.7. The van der Waals surface area contributed by atoms with Gasteiger partial charge in [0.05, 0.1) is 0 Å². The lowest BCUT2D eigenvalue weighted by molar-refractivity contribution is 0.437. The topological polar surface area (TPSA) is 52.0 Å². The summed E-state index contributed by atoms with van der Waals surface area (Å²) in [4.78, 5) is 0. The Morgan fingerprint density at radius 3 is 1.38 bits per heavy atom. The van der Waals surface area contributed by atoms with Gasteiger partial charge in [-0.15, -0.1) is 0 Å². The van der Waals surface area contributed by atoms with Gasteiger partial charge in [0.1, 0.15) is 0 Å². The van der Waals surface area contributed by atoms with Crippen molar-refractivity contribution in [2.45, 2.75) is 103 Å². The summed E-state index contributed by atoms with van der Waals surface area (Å²) in [6, 6.07) is 0. The fraction of sp³-hybridized carbons (Fsp3) is 0.727. The van der Waals surface area contributed by atoms with Crippen molar-refractivity contribution in [2.24, 2.45) is 0 Å². The van der Waals surface area contributed by atoms with Gasteiger partial charge in [-0.1, -0.05) is 52.4 Å². The fourth-order valence-electron chi connectivity index (χ4n) is 5.42. The van der Waals surface area contributed by atoms with Crippen LogP contribution in [0.15, 0.2) is 0 Å². The molecule has 2 nitrogen and oxygen atoms in total. The van der Waals surface area contributed by atoms with Gasteiger partial charge in [-0.05, 0) is 67.1 Å². The highest BCUT2D eigenvalue weighted by molar-refractivity contribution is 5.74. The van der Waals surface area contributed by atoms with Crippen LogP contribution in [-0.4, -0.2) is 0 Å². The Balaban J connectivity index is 2.12. The second-order valence-electron chi connectivity index (χ2n) is 7.99. The largest absolute Gasteiger partial charge is 0.398 e. The second-order valence-corrected chi connectivity index (χ2v) is 7.99. The average Bonchev–Trinajstić information content (AvgIpc) is 2.63. The molecule has 0 radical (unpaired) electrons. The molecule has 0 atom stereocenters. The molecule has 2 heteroatoms. The van der Waals surface area contributed by atoms with E-state index in [1.54, 1.807) is 5.56 Å². The van der Waals surface area contributed by atoms with E-state index in [2.05, 4.69) is 13.8 Å². The number of rotatable bonds is 4. The van der Waals surface area contributed by atoms with Crippen LogP contribution in [0.25, 0.3) is 0 Å². The molecule has 2 saturated carbocycles. The molecule has 0 unspecified atom stereocenters. The Bertz CT molecular complexity index is 533. The van der Waals surface area contributed by atoms with E-state index in [0.29, 0.717) is 11.8 Å². The van der Waals surface area contributed by atoms with E-state index in [4.69, 9.17) is 11.5 Å². The standard InChI is InChI=1S/C22H36N2/c1-3-17-19(15-11-7-5-8-12-15)18(4-2)22(24)20(21(17)23)16-13-9-6-10-14-16/h15-16H,3-14,23-24H2,1-2H3. The Labute approximate surface area is 148 Å². The summed E-state index contributed by atoms with van der Waals surface area (Å²) in [6.45, 7) is 4.55. The van der Waals surface area contributed by atoms with Crippen molar-refractivity contribution in [1.82, 2.24) is 0 Å². The summed E-state index contributed by atoms with van der Waals surface area (Å²) < 4.78 is 0. The van der Waals surface area contributed by atoms with E-state index in [1.165, 1.54) is 80.9 Å². The Morgan fingerprint density at radius 2 is 1.00 bits per heavy atom. The lowest BCUT2D eigenvalue weighted by Gasteiger charge is -2.33. The molecule has 0 bridgehead atoms. The lowest BCUT2D eigenvalue weighted by atomic mass is 9.74. The molecule has 0 aromatic heterocycles. The summed E-state index contributed by atoms with van der Waals surface area (Å²) in [5, 5.41) is 0. The molecule has 2 aliphatic rings. The van der Waals surface area contributed by atoms with Crippen LogP contribution in [0.2, 0.25) is 0 Å². The van der Waals surface area contributed by atoms with Gasteiger partial charge in [0.15, 0.2) is 0 Å². The third-order valence-electron chi connectivity index (χ3n) is 6.61. The van der Waals surface area contributed by atoms with Gasteiger partial charge in [0, 0.05) is 16.9 Å². The van der Waals surface area contributed by atoms with Gasteiger partial charge in [0.2, 0.25) is 0 Å². The first-order valence-electron chi connectivity index (χ1n) is 10.4. The van der Waals surface area contributed by atoms with E-state index < -0.39 is 0 Å². The molecule has 0 amide bonds. The highest BCUT2D eigenvalue weighted by atomic mass is 14.7. The zero-order chi connectivity index (χ0) is 17.1. The summed E-state index contributed by atoms with van der Waals surface area (Å²) in [5.41, 5.74) is 21.4. The zero-order valence-electron chi connectivity index (χ0n) is 15.8. The van der Waals surface area contributed by atoms with Gasteiger partial charge >= 0.3 is 0 Å². The van der Waals surface area contributed by atoms with E-state index >= 15 is 0 Å².